The van der Waals surface area contributed by atoms with Gasteiger partial charge in [-0.05, 0) is 68.4 Å². The molecule has 0 bridgehead atoms. The molecule has 1 aliphatic heterocycles. The lowest BCUT2D eigenvalue weighted by atomic mass is 9.91. The normalized spacial score (nSPS) is 17.3. The summed E-state index contributed by atoms with van der Waals surface area (Å²) in [5.41, 5.74) is 2.84. The van der Waals surface area contributed by atoms with Crippen LogP contribution in [0.4, 0.5) is 11.5 Å². The molecule has 1 saturated heterocycles. The van der Waals surface area contributed by atoms with Crippen molar-refractivity contribution in [2.45, 2.75) is 50.3 Å². The maximum Gasteiger partial charge on any atom is 0.261 e. The summed E-state index contributed by atoms with van der Waals surface area (Å²) >= 11 is 0. The summed E-state index contributed by atoms with van der Waals surface area (Å²) in [5.74, 6) is 0.934. The molecule has 1 fully saturated rings. The number of aromatic nitrogens is 1. The van der Waals surface area contributed by atoms with E-state index in [1.165, 1.54) is 12.5 Å². The second-order valence-electron chi connectivity index (χ2n) is 7.61. The average Bonchev–Trinajstić information content (AvgIpc) is 2.68. The van der Waals surface area contributed by atoms with Gasteiger partial charge >= 0.3 is 0 Å². The average molecular weight is 400 g/mol. The van der Waals surface area contributed by atoms with Gasteiger partial charge in [0, 0.05) is 25.1 Å². The Morgan fingerprint density at radius 1 is 1.04 bits per heavy atom. The van der Waals surface area contributed by atoms with Crippen LogP contribution in [0.15, 0.2) is 35.4 Å². The van der Waals surface area contributed by atoms with E-state index in [0.29, 0.717) is 17.7 Å². The lowest BCUT2D eigenvalue weighted by molar-refractivity contribution is 0.0972. The summed E-state index contributed by atoms with van der Waals surface area (Å²) < 4.78 is 28.3. The molecule has 1 N–H and O–H groups in total. The molecule has 0 spiro atoms. The predicted molar refractivity (Wildman–Crippen MR) is 110 cm³/mol. The number of rotatable bonds is 4. The van der Waals surface area contributed by atoms with E-state index in [9.17, 15) is 13.2 Å². The standard InChI is InChI=1S/C21H25N3O3S/c1-15-12-17(14-22-21(15)24-10-3-2-4-11-24)23-28(26,27)18-9-8-16-6-5-7-20(25)19(16)13-18/h8-9,12-14,23H,2-7,10-11H2,1H3. The Balaban J connectivity index is 1.57. The van der Waals surface area contributed by atoms with E-state index in [4.69, 9.17) is 0 Å². The van der Waals surface area contributed by atoms with Gasteiger partial charge in [0.15, 0.2) is 5.78 Å². The zero-order chi connectivity index (χ0) is 19.7. The van der Waals surface area contributed by atoms with Crippen LogP contribution in [0, 0.1) is 6.92 Å². The molecule has 0 unspecified atom stereocenters. The van der Waals surface area contributed by atoms with Gasteiger partial charge in [0.1, 0.15) is 5.82 Å². The molecular formula is C21H25N3O3S. The third kappa shape index (κ3) is 3.76. The molecule has 1 aromatic carbocycles. The number of ketones is 1. The molecule has 148 valence electrons. The molecular weight excluding hydrogens is 374 g/mol. The van der Waals surface area contributed by atoms with E-state index in [1.807, 2.05) is 13.0 Å². The van der Waals surface area contributed by atoms with Crippen molar-refractivity contribution in [3.8, 4) is 0 Å². The zero-order valence-electron chi connectivity index (χ0n) is 16.1. The summed E-state index contributed by atoms with van der Waals surface area (Å²) in [6, 6.07) is 6.64. The van der Waals surface area contributed by atoms with Gasteiger partial charge in [-0.2, -0.15) is 0 Å². The summed E-state index contributed by atoms with van der Waals surface area (Å²) in [6.45, 7) is 3.93. The van der Waals surface area contributed by atoms with Crippen LogP contribution in [-0.2, 0) is 16.4 Å². The quantitative estimate of drug-likeness (QED) is 0.848. The molecule has 0 amide bonds. The Morgan fingerprint density at radius 3 is 2.57 bits per heavy atom. The van der Waals surface area contributed by atoms with Crippen molar-refractivity contribution in [1.29, 1.82) is 0 Å². The molecule has 4 rings (SSSR count). The number of sulfonamides is 1. The van der Waals surface area contributed by atoms with Crippen LogP contribution in [0.25, 0.3) is 0 Å². The molecule has 7 heteroatoms. The number of aryl methyl sites for hydroxylation is 2. The molecule has 6 nitrogen and oxygen atoms in total. The van der Waals surface area contributed by atoms with Crippen LogP contribution in [0.1, 0.15) is 53.6 Å². The minimum absolute atomic E-state index is 0.0155. The highest BCUT2D eigenvalue weighted by Crippen LogP contribution is 2.27. The van der Waals surface area contributed by atoms with Crippen LogP contribution in [0.2, 0.25) is 0 Å². The largest absolute Gasteiger partial charge is 0.356 e. The number of pyridine rings is 1. The fourth-order valence-corrected chi connectivity index (χ4v) is 5.11. The lowest BCUT2D eigenvalue weighted by Gasteiger charge is -2.29. The summed E-state index contributed by atoms with van der Waals surface area (Å²) in [6.07, 6.45) is 7.25. The van der Waals surface area contributed by atoms with Crippen molar-refractivity contribution in [3.63, 3.8) is 0 Å². The minimum atomic E-state index is -3.78. The van der Waals surface area contributed by atoms with Crippen molar-refractivity contribution in [2.75, 3.05) is 22.7 Å². The van der Waals surface area contributed by atoms with Crippen LogP contribution >= 0.6 is 0 Å². The van der Waals surface area contributed by atoms with Crippen molar-refractivity contribution in [3.05, 3.63) is 47.2 Å². The van der Waals surface area contributed by atoms with Gasteiger partial charge in [-0.3, -0.25) is 9.52 Å². The smallest absolute Gasteiger partial charge is 0.261 e. The van der Waals surface area contributed by atoms with Crippen molar-refractivity contribution in [2.24, 2.45) is 0 Å². The third-order valence-electron chi connectivity index (χ3n) is 5.50. The number of nitrogens with zero attached hydrogens (tertiary/aromatic N) is 2. The number of Topliss-reactive ketones (excluding diaryl/α,β-unsaturated/α-hetero) is 1. The van der Waals surface area contributed by atoms with E-state index >= 15 is 0 Å². The van der Waals surface area contributed by atoms with Gasteiger partial charge in [0.05, 0.1) is 16.8 Å². The first kappa shape index (κ1) is 18.9. The molecule has 2 aromatic rings. The van der Waals surface area contributed by atoms with Gasteiger partial charge in [-0.1, -0.05) is 6.07 Å². The monoisotopic (exact) mass is 399 g/mol. The number of fused-ring (bicyclic) bond motifs is 1. The van der Waals surface area contributed by atoms with Gasteiger partial charge < -0.3 is 4.90 Å². The minimum Gasteiger partial charge on any atom is -0.356 e. The van der Waals surface area contributed by atoms with Crippen LogP contribution in [0.5, 0.6) is 0 Å². The maximum absolute atomic E-state index is 12.8. The first-order valence-electron chi connectivity index (χ1n) is 9.84. The Kier molecular flexibility index (Phi) is 5.10. The number of benzene rings is 1. The Labute approximate surface area is 166 Å². The number of hydrogen-bond donors (Lipinski definition) is 1. The molecule has 2 heterocycles. The van der Waals surface area contributed by atoms with E-state index in [0.717, 1.165) is 55.7 Å². The first-order chi connectivity index (χ1) is 13.4. The number of piperidine rings is 1. The number of carbonyl (C=O) groups is 1. The van der Waals surface area contributed by atoms with E-state index in [2.05, 4.69) is 14.6 Å². The number of hydrogen-bond acceptors (Lipinski definition) is 5. The second-order valence-corrected chi connectivity index (χ2v) is 9.30. The topological polar surface area (TPSA) is 79.4 Å². The molecule has 1 aromatic heterocycles. The number of carbonyl (C=O) groups excluding carboxylic acids is 1. The van der Waals surface area contributed by atoms with Gasteiger partial charge in [-0.25, -0.2) is 13.4 Å². The van der Waals surface area contributed by atoms with Gasteiger partial charge in [0.25, 0.3) is 10.0 Å². The first-order valence-corrected chi connectivity index (χ1v) is 11.3. The molecule has 0 saturated carbocycles. The Bertz CT molecular complexity index is 1010. The van der Waals surface area contributed by atoms with Crippen LogP contribution in [-0.4, -0.2) is 32.3 Å². The molecule has 0 radical (unpaired) electrons. The van der Waals surface area contributed by atoms with Crippen molar-refractivity contribution in [1.82, 2.24) is 4.98 Å². The van der Waals surface area contributed by atoms with E-state index in [1.54, 1.807) is 18.3 Å². The van der Waals surface area contributed by atoms with E-state index < -0.39 is 10.0 Å². The molecule has 28 heavy (non-hydrogen) atoms. The highest BCUT2D eigenvalue weighted by Gasteiger charge is 2.22. The lowest BCUT2D eigenvalue weighted by Crippen LogP contribution is -2.30. The van der Waals surface area contributed by atoms with Crippen molar-refractivity contribution >= 4 is 27.3 Å². The third-order valence-corrected chi connectivity index (χ3v) is 6.88. The molecule has 2 aliphatic rings. The second kappa shape index (κ2) is 7.54. The highest BCUT2D eigenvalue weighted by molar-refractivity contribution is 7.92. The fourth-order valence-electron chi connectivity index (χ4n) is 4.05. The fraction of sp³-hybridized carbons (Fsp3) is 0.429. The number of anilines is 2. The van der Waals surface area contributed by atoms with Crippen molar-refractivity contribution < 1.29 is 13.2 Å². The van der Waals surface area contributed by atoms with E-state index in [-0.39, 0.29) is 10.7 Å². The maximum atomic E-state index is 12.8. The summed E-state index contributed by atoms with van der Waals surface area (Å²) in [5, 5.41) is 0. The van der Waals surface area contributed by atoms with Gasteiger partial charge in [-0.15, -0.1) is 0 Å². The van der Waals surface area contributed by atoms with Crippen LogP contribution in [0.3, 0.4) is 0 Å². The highest BCUT2D eigenvalue weighted by atomic mass is 32.2. The molecule has 1 aliphatic carbocycles. The zero-order valence-corrected chi connectivity index (χ0v) is 16.9. The number of nitrogens with one attached hydrogen (secondary N) is 1. The van der Waals surface area contributed by atoms with Crippen LogP contribution < -0.4 is 9.62 Å². The summed E-state index contributed by atoms with van der Waals surface area (Å²) in [4.78, 5) is 19.0. The van der Waals surface area contributed by atoms with Gasteiger partial charge in [0.2, 0.25) is 0 Å². The predicted octanol–water partition coefficient (Wildman–Crippen LogP) is 3.70. The summed E-state index contributed by atoms with van der Waals surface area (Å²) in [7, 11) is -3.78. The Hall–Kier alpha value is -2.41. The SMILES string of the molecule is Cc1cc(NS(=O)(=O)c2ccc3c(c2)C(=O)CCC3)cnc1N1CCCCC1. The molecule has 0 atom stereocenters. The Morgan fingerprint density at radius 2 is 1.82 bits per heavy atom.